The van der Waals surface area contributed by atoms with Crippen LogP contribution < -0.4 is 5.32 Å². The summed E-state index contributed by atoms with van der Waals surface area (Å²) in [6.45, 7) is 5.10. The molecule has 1 amide bonds. The predicted molar refractivity (Wildman–Crippen MR) is 82.2 cm³/mol. The number of carbonyl (C=O) groups excluding carboxylic acids is 2. The third-order valence-corrected chi connectivity index (χ3v) is 3.80. The van der Waals surface area contributed by atoms with Crippen LogP contribution in [0.15, 0.2) is 42.0 Å². The van der Waals surface area contributed by atoms with Gasteiger partial charge in [0, 0.05) is 5.57 Å². The number of hydrogen-bond acceptors (Lipinski definition) is 4. The van der Waals surface area contributed by atoms with Crippen molar-refractivity contribution in [1.82, 2.24) is 5.32 Å². The summed E-state index contributed by atoms with van der Waals surface area (Å²) in [4.78, 5) is 24.1. The fourth-order valence-electron chi connectivity index (χ4n) is 2.72. The average Bonchev–Trinajstić information content (AvgIpc) is 2.81. The molecule has 0 aromatic heterocycles. The lowest BCUT2D eigenvalue weighted by Crippen LogP contribution is -2.58. The van der Waals surface area contributed by atoms with Crippen molar-refractivity contribution < 1.29 is 19.4 Å². The Morgan fingerprint density at radius 2 is 1.95 bits per heavy atom. The number of nitrogens with one attached hydrogen (secondary N) is 1. The van der Waals surface area contributed by atoms with E-state index in [-0.39, 0.29) is 18.4 Å². The van der Waals surface area contributed by atoms with Crippen LogP contribution in [0.1, 0.15) is 31.1 Å². The maximum atomic E-state index is 12.3. The minimum Gasteiger partial charge on any atom is -0.456 e. The van der Waals surface area contributed by atoms with Gasteiger partial charge in [0.25, 0.3) is 0 Å². The number of amides is 1. The molecule has 0 bridgehead atoms. The zero-order valence-corrected chi connectivity index (χ0v) is 13.0. The van der Waals surface area contributed by atoms with E-state index in [2.05, 4.69) is 5.32 Å². The van der Waals surface area contributed by atoms with E-state index < -0.39 is 17.6 Å². The highest BCUT2D eigenvalue weighted by molar-refractivity contribution is 5.97. The molecule has 0 spiro atoms. The number of aliphatic hydroxyl groups excluding tert-OH is 1. The molecule has 2 rings (SSSR count). The van der Waals surface area contributed by atoms with Gasteiger partial charge in [0.05, 0.1) is 12.2 Å². The fraction of sp³-hybridized carbons (Fsp3) is 0.412. The summed E-state index contributed by atoms with van der Waals surface area (Å²) in [7, 11) is 0. The van der Waals surface area contributed by atoms with Crippen molar-refractivity contribution in [2.45, 2.75) is 32.4 Å². The molecule has 2 atom stereocenters. The highest BCUT2D eigenvalue weighted by Crippen LogP contribution is 2.29. The zero-order valence-electron chi connectivity index (χ0n) is 13.0. The van der Waals surface area contributed by atoms with Gasteiger partial charge in [-0.2, -0.15) is 0 Å². The molecule has 118 valence electrons. The van der Waals surface area contributed by atoms with Gasteiger partial charge in [0.2, 0.25) is 5.91 Å². The van der Waals surface area contributed by atoms with Crippen LogP contribution in [0.3, 0.4) is 0 Å². The van der Waals surface area contributed by atoms with Crippen LogP contribution in [0.25, 0.3) is 0 Å². The van der Waals surface area contributed by atoms with Crippen molar-refractivity contribution in [2.24, 2.45) is 5.92 Å². The zero-order chi connectivity index (χ0) is 16.3. The molecule has 0 unspecified atom stereocenters. The summed E-state index contributed by atoms with van der Waals surface area (Å²) >= 11 is 0. The van der Waals surface area contributed by atoms with E-state index in [0.717, 1.165) is 0 Å². The molecule has 2 N–H and O–H groups in total. The lowest BCUT2D eigenvalue weighted by Gasteiger charge is -2.36. The van der Waals surface area contributed by atoms with Crippen LogP contribution in [-0.2, 0) is 9.53 Å². The smallest absolute Gasteiger partial charge is 0.338 e. The second-order valence-electron chi connectivity index (χ2n) is 5.92. The third kappa shape index (κ3) is 3.04. The molecule has 0 aliphatic carbocycles. The van der Waals surface area contributed by atoms with Crippen molar-refractivity contribution in [3.05, 3.63) is 47.5 Å². The summed E-state index contributed by atoms with van der Waals surface area (Å²) in [6, 6.07) is 8.66. The van der Waals surface area contributed by atoms with Gasteiger partial charge in [-0.1, -0.05) is 32.0 Å². The summed E-state index contributed by atoms with van der Waals surface area (Å²) < 4.78 is 5.61. The van der Waals surface area contributed by atoms with Crippen LogP contribution in [0.4, 0.5) is 0 Å². The lowest BCUT2D eigenvalue weighted by atomic mass is 9.86. The summed E-state index contributed by atoms with van der Waals surface area (Å²) in [5.41, 5.74) is -0.124. The van der Waals surface area contributed by atoms with Gasteiger partial charge >= 0.3 is 5.97 Å². The van der Waals surface area contributed by atoms with Crippen molar-refractivity contribution >= 4 is 11.9 Å². The Hall–Kier alpha value is -2.14. The van der Waals surface area contributed by atoms with Crippen LogP contribution in [0, 0.1) is 5.92 Å². The topological polar surface area (TPSA) is 75.6 Å². The first kappa shape index (κ1) is 16.2. The number of carbonyl (C=O) groups is 2. The SMILES string of the molecule is CC1=C[C@@](CO)([C@@H](OC(=O)c2ccccc2)C(C)C)NC1=O. The maximum Gasteiger partial charge on any atom is 0.338 e. The maximum absolute atomic E-state index is 12.3. The Labute approximate surface area is 130 Å². The Bertz CT molecular complexity index is 594. The first-order chi connectivity index (χ1) is 10.4. The van der Waals surface area contributed by atoms with E-state index in [0.29, 0.717) is 11.1 Å². The minimum atomic E-state index is -1.07. The first-order valence-electron chi connectivity index (χ1n) is 7.28. The highest BCUT2D eigenvalue weighted by Gasteiger charge is 2.46. The van der Waals surface area contributed by atoms with E-state index in [1.165, 1.54) is 0 Å². The number of rotatable bonds is 5. The van der Waals surface area contributed by atoms with Crippen molar-refractivity contribution in [1.29, 1.82) is 0 Å². The number of ether oxygens (including phenoxy) is 1. The number of aliphatic hydroxyl groups is 1. The second kappa shape index (κ2) is 6.32. The predicted octanol–water partition coefficient (Wildman–Crippen LogP) is 1.68. The molecule has 1 aromatic carbocycles. The lowest BCUT2D eigenvalue weighted by molar-refractivity contribution is -0.120. The molecular weight excluding hydrogens is 282 g/mol. The van der Waals surface area contributed by atoms with E-state index in [1.807, 2.05) is 19.9 Å². The van der Waals surface area contributed by atoms with E-state index >= 15 is 0 Å². The standard InChI is InChI=1S/C17H21NO4/c1-11(2)14(17(10-19)9-12(3)15(20)18-17)22-16(21)13-7-5-4-6-8-13/h4-9,11,14,19H,10H2,1-3H3,(H,18,20)/t14-,17+/m0/s1. The summed E-state index contributed by atoms with van der Waals surface area (Å²) in [6.07, 6.45) is 0.991. The van der Waals surface area contributed by atoms with Crippen molar-refractivity contribution in [2.75, 3.05) is 6.61 Å². The van der Waals surface area contributed by atoms with E-state index in [9.17, 15) is 14.7 Å². The molecule has 5 nitrogen and oxygen atoms in total. The van der Waals surface area contributed by atoms with Gasteiger partial charge in [-0.25, -0.2) is 4.79 Å². The average molecular weight is 303 g/mol. The van der Waals surface area contributed by atoms with Gasteiger partial charge in [0.1, 0.15) is 11.6 Å². The molecule has 0 fully saturated rings. The van der Waals surface area contributed by atoms with Gasteiger partial charge < -0.3 is 15.2 Å². The van der Waals surface area contributed by atoms with Gasteiger partial charge in [0.15, 0.2) is 0 Å². The molecule has 1 aliphatic rings. The van der Waals surface area contributed by atoms with Crippen LogP contribution in [0.5, 0.6) is 0 Å². The van der Waals surface area contributed by atoms with Crippen LogP contribution >= 0.6 is 0 Å². The molecule has 1 heterocycles. The van der Waals surface area contributed by atoms with E-state index in [4.69, 9.17) is 4.74 Å². The largest absolute Gasteiger partial charge is 0.456 e. The van der Waals surface area contributed by atoms with Gasteiger partial charge in [-0.15, -0.1) is 0 Å². The number of benzene rings is 1. The molecule has 0 radical (unpaired) electrons. The number of esters is 1. The third-order valence-electron chi connectivity index (χ3n) is 3.80. The second-order valence-corrected chi connectivity index (χ2v) is 5.92. The molecule has 0 saturated heterocycles. The first-order valence-corrected chi connectivity index (χ1v) is 7.28. The normalized spacial score (nSPS) is 22.2. The van der Waals surface area contributed by atoms with E-state index in [1.54, 1.807) is 37.3 Å². The van der Waals surface area contributed by atoms with Crippen LogP contribution in [-0.4, -0.2) is 35.2 Å². The Kier molecular flexibility index (Phi) is 4.66. The fourth-order valence-corrected chi connectivity index (χ4v) is 2.72. The molecule has 0 saturated carbocycles. The molecule has 5 heteroatoms. The Morgan fingerprint density at radius 3 is 2.41 bits per heavy atom. The van der Waals surface area contributed by atoms with Gasteiger partial charge in [-0.05, 0) is 31.1 Å². The van der Waals surface area contributed by atoms with Crippen molar-refractivity contribution in [3.8, 4) is 0 Å². The minimum absolute atomic E-state index is 0.0812. The van der Waals surface area contributed by atoms with Crippen LogP contribution in [0.2, 0.25) is 0 Å². The Morgan fingerprint density at radius 1 is 1.32 bits per heavy atom. The molecule has 22 heavy (non-hydrogen) atoms. The van der Waals surface area contributed by atoms with Gasteiger partial charge in [-0.3, -0.25) is 4.79 Å². The number of hydrogen-bond donors (Lipinski definition) is 2. The monoisotopic (exact) mass is 303 g/mol. The summed E-state index contributed by atoms with van der Waals surface area (Å²) in [5, 5.41) is 12.6. The molecule has 1 aromatic rings. The summed E-state index contributed by atoms with van der Waals surface area (Å²) in [5.74, 6) is -0.808. The van der Waals surface area contributed by atoms with Crippen molar-refractivity contribution in [3.63, 3.8) is 0 Å². The molecular formula is C17H21NO4. The molecule has 1 aliphatic heterocycles. The quantitative estimate of drug-likeness (QED) is 0.811. The Balaban J connectivity index is 2.27. The highest BCUT2D eigenvalue weighted by atomic mass is 16.5.